The van der Waals surface area contributed by atoms with Gasteiger partial charge in [-0.15, -0.1) is 0 Å². The van der Waals surface area contributed by atoms with Crippen molar-refractivity contribution in [1.82, 2.24) is 41.7 Å². The lowest BCUT2D eigenvalue weighted by Gasteiger charge is -2.43. The van der Waals surface area contributed by atoms with Crippen LogP contribution in [0.1, 0.15) is 75.6 Å². The van der Waals surface area contributed by atoms with E-state index in [1.54, 1.807) is 105 Å². The Labute approximate surface area is 457 Å². The molecule has 0 radical (unpaired) electrons. The topological polar surface area (TPSA) is 271 Å². The van der Waals surface area contributed by atoms with Crippen LogP contribution in [0.2, 0.25) is 0 Å². The number of hydrogen-bond acceptors (Lipinski definition) is 12. The summed E-state index contributed by atoms with van der Waals surface area (Å²) < 4.78 is 25.8. The van der Waals surface area contributed by atoms with E-state index in [0.717, 1.165) is 11.0 Å². The lowest BCUT2D eigenvalue weighted by molar-refractivity contribution is -0.165. The van der Waals surface area contributed by atoms with Gasteiger partial charge in [0.05, 0.1) is 0 Å². The Balaban J connectivity index is 1.22. The van der Waals surface area contributed by atoms with Gasteiger partial charge in [-0.2, -0.15) is 0 Å². The van der Waals surface area contributed by atoms with Crippen molar-refractivity contribution in [3.63, 3.8) is 0 Å². The third kappa shape index (κ3) is 15.7. The highest BCUT2D eigenvalue weighted by Gasteiger charge is 2.47. The molecule has 4 aromatic carbocycles. The van der Waals surface area contributed by atoms with Crippen molar-refractivity contribution in [3.05, 3.63) is 143 Å². The van der Waals surface area contributed by atoms with E-state index in [2.05, 4.69) is 31.9 Å². The molecule has 0 unspecified atom stereocenters. The maximum absolute atomic E-state index is 15.1. The molecule has 20 nitrogen and oxygen atoms in total. The number of carbonyl (C=O) groups excluding carboxylic acids is 9. The number of cyclic esters (lactones) is 1. The normalized spacial score (nSPS) is 24.3. The van der Waals surface area contributed by atoms with Crippen LogP contribution >= 0.6 is 0 Å². The minimum Gasteiger partial charge on any atom is -0.458 e. The van der Waals surface area contributed by atoms with Crippen molar-refractivity contribution in [2.45, 2.75) is 140 Å². The molecule has 420 valence electrons. The van der Waals surface area contributed by atoms with Crippen LogP contribution < -0.4 is 31.9 Å². The van der Waals surface area contributed by atoms with E-state index < -0.39 is 132 Å². The zero-order valence-electron chi connectivity index (χ0n) is 44.8. The fraction of sp³-hybridized carbons (Fsp3) is 0.431. The molecule has 79 heavy (non-hydrogen) atoms. The van der Waals surface area contributed by atoms with Gasteiger partial charge in [-0.25, -0.2) is 14.0 Å². The van der Waals surface area contributed by atoms with Gasteiger partial charge >= 0.3 is 12.1 Å². The van der Waals surface area contributed by atoms with Gasteiger partial charge in [0.15, 0.2) is 0 Å². The van der Waals surface area contributed by atoms with E-state index in [-0.39, 0.29) is 44.3 Å². The number of nitrogens with one attached hydrogen (secondary N) is 6. The van der Waals surface area contributed by atoms with Crippen molar-refractivity contribution >= 4 is 53.4 Å². The molecule has 8 amide bonds. The molecule has 10 atom stereocenters. The molecule has 3 aliphatic rings. The Bertz CT molecular complexity index is 2820. The van der Waals surface area contributed by atoms with Gasteiger partial charge in [-0.3, -0.25) is 33.6 Å². The lowest BCUT2D eigenvalue weighted by atomic mass is 9.95. The summed E-state index contributed by atoms with van der Waals surface area (Å²) in [7, 11) is 1.40. The number of piperidine rings is 1. The number of aliphatic hydroxyl groups excluding tert-OH is 1. The first-order valence-electron chi connectivity index (χ1n) is 26.6. The van der Waals surface area contributed by atoms with Gasteiger partial charge in [-0.05, 0) is 85.8 Å². The van der Waals surface area contributed by atoms with Gasteiger partial charge in [0.1, 0.15) is 73.1 Å². The van der Waals surface area contributed by atoms with Crippen LogP contribution in [-0.4, -0.2) is 136 Å². The number of benzene rings is 4. The molecule has 1 aliphatic carbocycles. The number of esters is 1. The molecule has 0 aromatic heterocycles. The average Bonchev–Trinajstić information content (AvgIpc) is 4.32. The number of ether oxygens (including phenoxy) is 2. The number of carbonyl (C=O) groups is 9. The fourth-order valence-corrected chi connectivity index (χ4v) is 9.64. The average molecular weight is 1090 g/mol. The number of fused-ring (bicyclic) bond motifs is 2. The molecule has 2 bridgehead atoms. The first kappa shape index (κ1) is 58.5. The van der Waals surface area contributed by atoms with Crippen LogP contribution in [0.15, 0.2) is 115 Å². The lowest BCUT2D eigenvalue weighted by Crippen LogP contribution is -2.65. The molecular weight excluding hydrogens is 1020 g/mol. The third-order valence-electron chi connectivity index (χ3n) is 14.3. The standard InChI is InChI=1S/C58H69FN8O12/c1-33(2)47-57(76)79-35(4)48(64-51(70)43(29-39-22-15-23-41(59)28-39)62-50(69)34(3)60-58(77)78-32-38-20-13-8-14-21-38)53(72)65-49(40-24-25-40)54(73)61-42-26-27-46(68)67(55(42)74)45(31-37-18-11-7-12-19-37)56(75)66(5)44(52(71)63-47)30-36-16-9-6-10-17-36/h6-23,28,33-35,40,42-49,68H,24-27,29-32H2,1-5H3,(H,60,77)(H,61,73)(H,62,69)(H,63,71)(H,64,70)(H,65,72)/t34-,35+,42-,43-,44-,45-,46+,47-,48-,49-/m0/s1. The summed E-state index contributed by atoms with van der Waals surface area (Å²) in [5, 5.41) is 27.4. The van der Waals surface area contributed by atoms with Crippen LogP contribution in [0.5, 0.6) is 0 Å². The van der Waals surface area contributed by atoms with Crippen LogP contribution in [0.25, 0.3) is 0 Å². The maximum atomic E-state index is 15.1. The van der Waals surface area contributed by atoms with E-state index in [0.29, 0.717) is 29.5 Å². The Kier molecular flexibility index (Phi) is 19.9. The quantitative estimate of drug-likeness (QED) is 0.0848. The molecule has 7 N–H and O–H groups in total. The number of nitrogens with zero attached hydrogens (tertiary/aromatic N) is 2. The Morgan fingerprint density at radius 2 is 1.29 bits per heavy atom. The van der Waals surface area contributed by atoms with Crippen LogP contribution in [0.3, 0.4) is 0 Å². The molecule has 7 rings (SSSR count). The van der Waals surface area contributed by atoms with Crippen LogP contribution in [0.4, 0.5) is 9.18 Å². The highest BCUT2D eigenvalue weighted by atomic mass is 19.1. The van der Waals surface area contributed by atoms with Crippen molar-refractivity contribution in [1.29, 1.82) is 0 Å². The number of aliphatic hydroxyl groups is 1. The molecule has 2 aliphatic heterocycles. The predicted molar refractivity (Wildman–Crippen MR) is 285 cm³/mol. The number of halogens is 1. The summed E-state index contributed by atoms with van der Waals surface area (Å²) >= 11 is 0. The summed E-state index contributed by atoms with van der Waals surface area (Å²) in [5.41, 5.74) is 2.21. The second-order valence-corrected chi connectivity index (χ2v) is 20.7. The summed E-state index contributed by atoms with van der Waals surface area (Å²) in [6.07, 6.45) is -3.62. The van der Waals surface area contributed by atoms with Gasteiger partial charge < -0.3 is 56.3 Å². The molecule has 21 heteroatoms. The number of likely N-dealkylation sites (N-methyl/N-ethyl adjacent to an activating group) is 1. The van der Waals surface area contributed by atoms with Crippen molar-refractivity contribution in [2.75, 3.05) is 7.05 Å². The monoisotopic (exact) mass is 1090 g/mol. The number of rotatable bonds is 15. The van der Waals surface area contributed by atoms with Crippen LogP contribution in [-0.2, 0) is 73.7 Å². The Hall–Kier alpha value is -8.20. The predicted octanol–water partition coefficient (Wildman–Crippen LogP) is 2.74. The van der Waals surface area contributed by atoms with Crippen molar-refractivity contribution < 1.29 is 62.1 Å². The first-order valence-corrected chi connectivity index (χ1v) is 26.6. The Morgan fingerprint density at radius 3 is 1.89 bits per heavy atom. The van der Waals surface area contributed by atoms with Crippen molar-refractivity contribution in [2.24, 2.45) is 11.8 Å². The van der Waals surface area contributed by atoms with Crippen LogP contribution in [0, 0.1) is 17.7 Å². The third-order valence-corrected chi connectivity index (χ3v) is 14.3. The SMILES string of the molecule is CC(C)[C@@H]1NC(=O)[C@H](Cc2ccccc2)N(C)C(=O)[C@H](Cc2ccccc2)N2C(=O)[C@H](CC[C@H]2O)NC(=O)[C@H](C2CC2)NC(=O)[C@@H](NC(=O)[C@H](Cc2cccc(F)c2)NC(=O)[C@H](C)NC(=O)OCc2ccccc2)[C@@H](C)OC1=O. The number of hydrogen-bond donors (Lipinski definition) is 7. The molecule has 0 spiro atoms. The highest BCUT2D eigenvalue weighted by molar-refractivity contribution is 5.99. The van der Waals surface area contributed by atoms with Crippen molar-refractivity contribution in [3.8, 4) is 0 Å². The fourth-order valence-electron chi connectivity index (χ4n) is 9.64. The molecule has 1 saturated carbocycles. The smallest absolute Gasteiger partial charge is 0.408 e. The van der Waals surface area contributed by atoms with E-state index in [9.17, 15) is 47.9 Å². The molecular formula is C58H69FN8O12. The molecule has 2 heterocycles. The van der Waals surface area contributed by atoms with E-state index in [1.807, 2.05) is 0 Å². The molecule has 4 aromatic rings. The second kappa shape index (κ2) is 26.9. The minimum atomic E-state index is -1.82. The zero-order chi connectivity index (χ0) is 56.9. The zero-order valence-corrected chi connectivity index (χ0v) is 44.8. The summed E-state index contributed by atoms with van der Waals surface area (Å²) in [6, 6.07) is 20.2. The van der Waals surface area contributed by atoms with E-state index >= 15 is 4.79 Å². The summed E-state index contributed by atoms with van der Waals surface area (Å²) in [5.74, 6) is -8.77. The number of alkyl carbamates (subject to hydrolysis) is 1. The highest BCUT2D eigenvalue weighted by Crippen LogP contribution is 2.33. The van der Waals surface area contributed by atoms with Gasteiger partial charge in [0, 0.05) is 26.3 Å². The maximum Gasteiger partial charge on any atom is 0.408 e. The minimum absolute atomic E-state index is 0.0433. The van der Waals surface area contributed by atoms with Gasteiger partial charge in [0.2, 0.25) is 41.4 Å². The summed E-state index contributed by atoms with van der Waals surface area (Å²) in [6.45, 7) is 5.81. The molecule has 2 saturated heterocycles. The first-order chi connectivity index (χ1) is 37.8. The Morgan fingerprint density at radius 1 is 0.696 bits per heavy atom. The van der Waals surface area contributed by atoms with E-state index in [1.165, 1.54) is 44.0 Å². The van der Waals surface area contributed by atoms with Gasteiger partial charge in [0.25, 0.3) is 0 Å². The van der Waals surface area contributed by atoms with Gasteiger partial charge in [-0.1, -0.05) is 117 Å². The second-order valence-electron chi connectivity index (χ2n) is 20.7. The summed E-state index contributed by atoms with van der Waals surface area (Å²) in [4.78, 5) is 132. The molecule has 3 fully saturated rings. The van der Waals surface area contributed by atoms with E-state index in [4.69, 9.17) is 9.47 Å². The number of amides is 8. The largest absolute Gasteiger partial charge is 0.458 e.